The number of aromatic nitrogens is 1. The Morgan fingerprint density at radius 2 is 2.05 bits per heavy atom. The second kappa shape index (κ2) is 8.89. The van der Waals surface area contributed by atoms with Crippen LogP contribution in [0.2, 0.25) is 0 Å². The van der Waals surface area contributed by atoms with Gasteiger partial charge in [0, 0.05) is 43.4 Å². The van der Waals surface area contributed by atoms with Crippen LogP contribution in [-0.4, -0.2) is 82.3 Å². The van der Waals surface area contributed by atoms with Gasteiger partial charge in [-0.3, -0.25) is 0 Å². The number of epoxide rings is 1. The normalized spacial score (nSPS) is 49.6. The highest BCUT2D eigenvalue weighted by Crippen LogP contribution is 2.67. The first-order valence-electron chi connectivity index (χ1n) is 13.6. The van der Waals surface area contributed by atoms with Gasteiger partial charge in [-0.15, -0.1) is 0 Å². The number of aliphatic hydroxyl groups is 2. The number of rotatable bonds is 4. The van der Waals surface area contributed by atoms with E-state index in [0.717, 1.165) is 5.57 Å². The lowest BCUT2D eigenvalue weighted by Gasteiger charge is -2.54. The van der Waals surface area contributed by atoms with Gasteiger partial charge in [0.2, 0.25) is 0 Å². The number of aliphatic hydroxyl groups excluding tert-OH is 2. The van der Waals surface area contributed by atoms with Crippen LogP contribution in [0.25, 0.3) is 0 Å². The molecule has 2 aliphatic carbocycles. The van der Waals surface area contributed by atoms with Crippen molar-refractivity contribution in [3.63, 3.8) is 0 Å². The molecule has 1 aromatic heterocycles. The molecule has 0 amide bonds. The van der Waals surface area contributed by atoms with Crippen LogP contribution in [0.3, 0.4) is 0 Å². The highest BCUT2D eigenvalue weighted by atomic mass is 16.7. The van der Waals surface area contributed by atoms with Crippen molar-refractivity contribution < 1.29 is 43.5 Å². The average molecular weight is 532 g/mol. The molecule has 208 valence electrons. The largest absolute Gasteiger partial charge is 0.457 e. The summed E-state index contributed by atoms with van der Waals surface area (Å²) < 4.78 is 30.5. The second-order valence-electron chi connectivity index (χ2n) is 11.9. The van der Waals surface area contributed by atoms with E-state index >= 15 is 0 Å². The van der Waals surface area contributed by atoms with E-state index < -0.39 is 59.6 Å². The molecule has 2 bridgehead atoms. The van der Waals surface area contributed by atoms with Crippen molar-refractivity contribution in [1.29, 1.82) is 0 Å². The first-order chi connectivity index (χ1) is 18.0. The number of hydrogen-bond donors (Lipinski definition) is 3. The first-order valence-corrected chi connectivity index (χ1v) is 13.6. The monoisotopic (exact) mass is 531 g/mol. The zero-order chi connectivity index (χ0) is 27.1. The van der Waals surface area contributed by atoms with Crippen LogP contribution in [0.1, 0.15) is 51.0 Å². The highest BCUT2D eigenvalue weighted by molar-refractivity contribution is 5.87. The molecule has 10 heteroatoms. The zero-order valence-electron chi connectivity index (χ0n) is 22.3. The number of fused-ring (bicyclic) bond motifs is 5. The first kappa shape index (κ1) is 26.0. The molecule has 4 fully saturated rings. The number of ether oxygens (including phenoxy) is 5. The van der Waals surface area contributed by atoms with Crippen molar-refractivity contribution in [3.8, 4) is 0 Å². The average Bonchev–Trinajstić information content (AvgIpc) is 3.31. The van der Waals surface area contributed by atoms with Gasteiger partial charge in [0.05, 0.1) is 24.4 Å². The number of esters is 2. The Kier molecular flexibility index (Phi) is 6.08. The lowest BCUT2D eigenvalue weighted by atomic mass is 9.53. The van der Waals surface area contributed by atoms with Crippen LogP contribution in [0.5, 0.6) is 0 Å². The van der Waals surface area contributed by atoms with E-state index in [0.29, 0.717) is 12.1 Å². The number of H-pyrrole nitrogens is 1. The Hall–Kier alpha value is -2.24. The molecule has 0 aromatic carbocycles. The fourth-order valence-corrected chi connectivity index (χ4v) is 7.91. The van der Waals surface area contributed by atoms with E-state index in [4.69, 9.17) is 23.7 Å². The number of methoxy groups -OCH3 is 1. The van der Waals surface area contributed by atoms with Crippen molar-refractivity contribution in [2.24, 2.45) is 29.6 Å². The summed E-state index contributed by atoms with van der Waals surface area (Å²) in [5.74, 6) is -4.38. The van der Waals surface area contributed by atoms with E-state index in [1.807, 2.05) is 26.8 Å². The standard InChI is InChI=1S/C28H37NO9/c1-12-9-13(2)28-17(11-27(34-5,38-28)26(33)37-22(12)15(4)30)24-23(36-24)16-10-19(14(3)21(31)20(16)28)35-25(32)18-7-6-8-29-18/h6-9,12,14-17,19-24,29-31H,10-11H2,1-5H3/b13-9+/t12-,14+,15-,16+,17+,19-,20+,21-,22+,23-,24+,27+,28+/m1/s1. The van der Waals surface area contributed by atoms with Crippen molar-refractivity contribution in [2.45, 2.75) is 88.5 Å². The highest BCUT2D eigenvalue weighted by Gasteiger charge is 2.77. The van der Waals surface area contributed by atoms with E-state index in [9.17, 15) is 19.8 Å². The molecule has 3 N–H and O–H groups in total. The minimum atomic E-state index is -1.69. The molecule has 1 aromatic rings. The van der Waals surface area contributed by atoms with Crippen LogP contribution in [0.15, 0.2) is 30.0 Å². The van der Waals surface area contributed by atoms with Gasteiger partial charge in [-0.2, -0.15) is 0 Å². The lowest BCUT2D eigenvalue weighted by Crippen LogP contribution is -2.64. The Labute approximate surface area is 221 Å². The SMILES string of the molecule is CO[C@@]12C[C@H]3[C@@H]4O[C@@H]4[C@H]4C[C@@H](OC(=O)c5ccc[nH]5)[C@H](C)[C@@H](O)[C@H]4[C@]3(O1)/C(C)=C/[C@@H](C)[C@@H]([C@@H](C)O)OC2=O. The molecular weight excluding hydrogens is 494 g/mol. The third-order valence-corrected chi connectivity index (χ3v) is 9.79. The predicted octanol–water partition coefficient (Wildman–Crippen LogP) is 1.96. The van der Waals surface area contributed by atoms with E-state index in [-0.39, 0.29) is 36.4 Å². The molecule has 0 unspecified atom stereocenters. The molecular formula is C28H37NO9. The molecule has 2 saturated carbocycles. The molecule has 2 saturated heterocycles. The van der Waals surface area contributed by atoms with Crippen molar-refractivity contribution in [2.75, 3.05) is 7.11 Å². The van der Waals surface area contributed by atoms with Crippen LogP contribution in [-0.2, 0) is 28.5 Å². The Morgan fingerprint density at radius 1 is 1.29 bits per heavy atom. The van der Waals surface area contributed by atoms with Crippen LogP contribution in [0.4, 0.5) is 0 Å². The fourth-order valence-electron chi connectivity index (χ4n) is 7.91. The van der Waals surface area contributed by atoms with E-state index in [1.165, 1.54) is 7.11 Å². The summed E-state index contributed by atoms with van der Waals surface area (Å²) in [5.41, 5.74) is 0.159. The lowest BCUT2D eigenvalue weighted by molar-refractivity contribution is -0.270. The van der Waals surface area contributed by atoms with Gasteiger partial charge in [0.1, 0.15) is 23.5 Å². The molecule has 1 spiro atoms. The van der Waals surface area contributed by atoms with Crippen molar-refractivity contribution in [1.82, 2.24) is 4.98 Å². The summed E-state index contributed by atoms with van der Waals surface area (Å²) in [6.45, 7) is 7.32. The number of hydrogen-bond acceptors (Lipinski definition) is 9. The number of carbonyl (C=O) groups excluding carboxylic acids is 2. The Balaban J connectivity index is 1.41. The predicted molar refractivity (Wildman–Crippen MR) is 132 cm³/mol. The summed E-state index contributed by atoms with van der Waals surface area (Å²) in [5, 5.41) is 22.3. The maximum atomic E-state index is 13.6. The quantitative estimate of drug-likeness (QED) is 0.302. The molecule has 0 radical (unpaired) electrons. The molecule has 10 nitrogen and oxygen atoms in total. The molecule has 4 heterocycles. The Bertz CT molecular complexity index is 1130. The molecule has 6 rings (SSSR count). The maximum absolute atomic E-state index is 13.6. The topological polar surface area (TPSA) is 140 Å². The van der Waals surface area contributed by atoms with Gasteiger partial charge < -0.3 is 38.9 Å². The number of cyclic esters (lactones) is 1. The van der Waals surface area contributed by atoms with Gasteiger partial charge in [-0.05, 0) is 43.9 Å². The third-order valence-electron chi connectivity index (χ3n) is 9.79. The van der Waals surface area contributed by atoms with Gasteiger partial charge >= 0.3 is 11.9 Å². The van der Waals surface area contributed by atoms with Crippen LogP contribution in [0, 0.1) is 29.6 Å². The smallest absolute Gasteiger partial charge is 0.367 e. The number of nitrogens with one attached hydrogen (secondary N) is 1. The zero-order valence-corrected chi connectivity index (χ0v) is 22.3. The fraction of sp³-hybridized carbons (Fsp3) is 0.714. The Morgan fingerprint density at radius 3 is 2.71 bits per heavy atom. The number of carbonyl (C=O) groups is 2. The van der Waals surface area contributed by atoms with Crippen molar-refractivity contribution in [3.05, 3.63) is 35.7 Å². The summed E-state index contributed by atoms with van der Waals surface area (Å²) in [6, 6.07) is 3.39. The minimum Gasteiger partial charge on any atom is -0.457 e. The number of aromatic amines is 1. The summed E-state index contributed by atoms with van der Waals surface area (Å²) in [4.78, 5) is 29.2. The van der Waals surface area contributed by atoms with Crippen molar-refractivity contribution >= 4 is 11.9 Å². The van der Waals surface area contributed by atoms with Gasteiger partial charge in [0.15, 0.2) is 0 Å². The minimum absolute atomic E-state index is 0.141. The molecule has 38 heavy (non-hydrogen) atoms. The summed E-state index contributed by atoms with van der Waals surface area (Å²) in [7, 11) is 1.42. The maximum Gasteiger partial charge on any atom is 0.367 e. The van der Waals surface area contributed by atoms with Gasteiger partial charge in [-0.1, -0.05) is 19.9 Å². The van der Waals surface area contributed by atoms with Gasteiger partial charge in [-0.25, -0.2) is 9.59 Å². The second-order valence-corrected chi connectivity index (χ2v) is 11.9. The molecule has 13 atom stereocenters. The van der Waals surface area contributed by atoms with E-state index in [2.05, 4.69) is 4.98 Å². The summed E-state index contributed by atoms with van der Waals surface area (Å²) >= 11 is 0. The van der Waals surface area contributed by atoms with E-state index in [1.54, 1.807) is 25.3 Å². The van der Waals surface area contributed by atoms with Crippen LogP contribution >= 0.6 is 0 Å². The third kappa shape index (κ3) is 3.57. The summed E-state index contributed by atoms with van der Waals surface area (Å²) in [6.07, 6.45) is 0.933. The van der Waals surface area contributed by atoms with Crippen LogP contribution < -0.4 is 0 Å². The molecule has 5 aliphatic rings. The van der Waals surface area contributed by atoms with Gasteiger partial charge in [0.25, 0.3) is 5.79 Å². The molecule has 3 aliphatic heterocycles.